The Kier molecular flexibility index (Phi) is 13.7. The second kappa shape index (κ2) is 15.3. The van der Waals surface area contributed by atoms with Gasteiger partial charge in [-0.15, -0.1) is 0 Å². The number of aromatic hydroxyl groups is 2. The molecule has 0 heterocycles. The first kappa shape index (κ1) is 30.4. The van der Waals surface area contributed by atoms with Gasteiger partial charge in [0, 0.05) is 12.2 Å². The average molecular weight is 505 g/mol. The number of carboxylic acids is 3. The van der Waals surface area contributed by atoms with Gasteiger partial charge in [0.1, 0.15) is 24.7 Å². The Morgan fingerprint density at radius 3 is 2.00 bits per heavy atom. The number of carboxylic acid groups (broad SMARTS) is 3. The quantitative estimate of drug-likeness (QED) is 0.108. The molecule has 34 heavy (non-hydrogen) atoms. The number of amides is 2. The van der Waals surface area contributed by atoms with Crippen LogP contribution in [0.1, 0.15) is 18.4 Å². The molecule has 0 aliphatic carbocycles. The maximum absolute atomic E-state index is 11.5. The summed E-state index contributed by atoms with van der Waals surface area (Å²) in [5, 5.41) is 48.0. The van der Waals surface area contributed by atoms with Crippen molar-refractivity contribution in [3.8, 4) is 11.5 Å². The van der Waals surface area contributed by atoms with Crippen LogP contribution in [0.25, 0.3) is 0 Å². The lowest BCUT2D eigenvalue weighted by Crippen LogP contribution is -2.49. The third kappa shape index (κ3) is 12.5. The first-order valence-corrected chi connectivity index (χ1v) is 10.3. The predicted molar refractivity (Wildman–Crippen MR) is 120 cm³/mol. The number of rotatable bonds is 12. The van der Waals surface area contributed by atoms with E-state index in [-0.39, 0.29) is 36.5 Å². The highest BCUT2D eigenvalue weighted by molar-refractivity contribution is 7.80. The van der Waals surface area contributed by atoms with Gasteiger partial charge in [-0.25, -0.2) is 0 Å². The van der Waals surface area contributed by atoms with Gasteiger partial charge in [-0.1, -0.05) is 6.07 Å². The standard InChI is InChI=1S/C10H17N3O6S.C9H11NO4/c11-5(10(18)19)1-2-7(14)13-6(4-20)9(17)12-3-8(15)16;10-6(9(13)14)3-5-1-2-7(11)8(12)4-5/h5-6,20H,1-4,11H2,(H,12,17)(H,13,14)(H,15,16)(H,18,19);1-2,4,6,11-12H,3,10H2,(H,13,14)/t5-,6-;6-/m00/s1. The molecule has 190 valence electrons. The maximum Gasteiger partial charge on any atom is 0.322 e. The molecule has 0 saturated carbocycles. The molecule has 2 amide bonds. The molecule has 15 heteroatoms. The second-order valence-corrected chi connectivity index (χ2v) is 7.23. The summed E-state index contributed by atoms with van der Waals surface area (Å²) in [6.07, 6.45) is -0.121. The summed E-state index contributed by atoms with van der Waals surface area (Å²) >= 11 is 3.87. The number of nitrogens with two attached hydrogens (primary N) is 2. The van der Waals surface area contributed by atoms with E-state index < -0.39 is 54.4 Å². The fraction of sp³-hybridized carbons (Fsp3) is 0.421. The molecule has 14 nitrogen and oxygen atoms in total. The molecule has 0 spiro atoms. The molecule has 1 rings (SSSR count). The van der Waals surface area contributed by atoms with Gasteiger partial charge in [0.15, 0.2) is 11.5 Å². The molecule has 0 aliphatic rings. The lowest BCUT2D eigenvalue weighted by molar-refractivity contribution is -0.139. The molecule has 0 fully saturated rings. The summed E-state index contributed by atoms with van der Waals surface area (Å²) in [4.78, 5) is 54.2. The zero-order valence-electron chi connectivity index (χ0n) is 17.9. The van der Waals surface area contributed by atoms with Gasteiger partial charge in [-0.3, -0.25) is 24.0 Å². The molecule has 0 aliphatic heterocycles. The lowest BCUT2D eigenvalue weighted by Gasteiger charge is -2.16. The van der Waals surface area contributed by atoms with Crippen molar-refractivity contribution in [2.45, 2.75) is 37.4 Å². The minimum atomic E-state index is -1.22. The molecule has 1 aromatic rings. The summed E-state index contributed by atoms with van der Waals surface area (Å²) in [6, 6.07) is 0.941. The van der Waals surface area contributed by atoms with Crippen LogP contribution in [-0.2, 0) is 30.4 Å². The monoisotopic (exact) mass is 504 g/mol. The Bertz CT molecular complexity index is 883. The predicted octanol–water partition coefficient (Wildman–Crippen LogP) is -2.15. The van der Waals surface area contributed by atoms with Crippen LogP contribution in [0, 0.1) is 0 Å². The van der Waals surface area contributed by atoms with Gasteiger partial charge in [0.25, 0.3) is 0 Å². The van der Waals surface area contributed by atoms with E-state index in [0.29, 0.717) is 5.56 Å². The number of carbonyl (C=O) groups excluding carboxylic acids is 2. The van der Waals surface area contributed by atoms with Crippen molar-refractivity contribution in [3.63, 3.8) is 0 Å². The van der Waals surface area contributed by atoms with Gasteiger partial charge < -0.3 is 47.6 Å². The summed E-state index contributed by atoms with van der Waals surface area (Å²) < 4.78 is 0. The fourth-order valence-corrected chi connectivity index (χ4v) is 2.45. The molecule has 3 atom stereocenters. The zero-order valence-corrected chi connectivity index (χ0v) is 18.8. The topological polar surface area (TPSA) is 263 Å². The van der Waals surface area contributed by atoms with E-state index in [1.54, 1.807) is 0 Å². The summed E-state index contributed by atoms with van der Waals surface area (Å²) in [7, 11) is 0. The number of nitrogens with one attached hydrogen (secondary N) is 2. The first-order valence-electron chi connectivity index (χ1n) is 9.65. The largest absolute Gasteiger partial charge is 0.504 e. The Labute approximate surface area is 199 Å². The van der Waals surface area contributed by atoms with E-state index in [9.17, 15) is 24.0 Å². The minimum absolute atomic E-state index is 0.0256. The molecule has 0 aromatic heterocycles. The second-order valence-electron chi connectivity index (χ2n) is 6.87. The highest BCUT2D eigenvalue weighted by Crippen LogP contribution is 2.25. The van der Waals surface area contributed by atoms with E-state index in [0.717, 1.165) is 0 Å². The Morgan fingerprint density at radius 2 is 1.53 bits per heavy atom. The molecular weight excluding hydrogens is 476 g/mol. The van der Waals surface area contributed by atoms with E-state index in [4.69, 9.17) is 37.0 Å². The van der Waals surface area contributed by atoms with E-state index in [1.807, 2.05) is 0 Å². The van der Waals surface area contributed by atoms with E-state index in [2.05, 4.69) is 23.3 Å². The van der Waals surface area contributed by atoms with Crippen LogP contribution in [-0.4, -0.2) is 85.7 Å². The summed E-state index contributed by atoms with van der Waals surface area (Å²) in [5.41, 5.74) is 11.1. The smallest absolute Gasteiger partial charge is 0.322 e. The SMILES string of the molecule is N[C@@H](CCC(=O)N[C@@H](CS)C(=O)NCC(=O)O)C(=O)O.N[C@@H](Cc1ccc(O)c(O)c1)C(=O)O. The normalized spacial score (nSPS) is 12.8. The van der Waals surface area contributed by atoms with Crippen molar-refractivity contribution < 1.29 is 49.5 Å². The van der Waals surface area contributed by atoms with Crippen LogP contribution in [0.15, 0.2) is 18.2 Å². The summed E-state index contributed by atoms with van der Waals surface area (Å²) in [6.45, 7) is -0.567. The van der Waals surface area contributed by atoms with E-state index in [1.165, 1.54) is 18.2 Å². The van der Waals surface area contributed by atoms with Crippen LogP contribution in [0.3, 0.4) is 0 Å². The van der Waals surface area contributed by atoms with Gasteiger partial charge in [0.05, 0.1) is 0 Å². The number of phenolic OH excluding ortho intramolecular Hbond substituents is 2. The Hall–Kier alpha value is -3.56. The van der Waals surface area contributed by atoms with Crippen LogP contribution >= 0.6 is 12.6 Å². The van der Waals surface area contributed by atoms with Crippen molar-refractivity contribution >= 4 is 42.4 Å². The van der Waals surface area contributed by atoms with Crippen molar-refractivity contribution in [1.29, 1.82) is 0 Å². The Balaban J connectivity index is 0.000000679. The molecule has 0 saturated heterocycles. The van der Waals surface area contributed by atoms with Crippen molar-refractivity contribution in [3.05, 3.63) is 23.8 Å². The molecule has 1 aromatic carbocycles. The van der Waals surface area contributed by atoms with Crippen molar-refractivity contribution in [1.82, 2.24) is 10.6 Å². The highest BCUT2D eigenvalue weighted by atomic mass is 32.1. The zero-order chi connectivity index (χ0) is 26.4. The van der Waals surface area contributed by atoms with Crippen LogP contribution in [0.5, 0.6) is 11.5 Å². The van der Waals surface area contributed by atoms with Gasteiger partial charge >= 0.3 is 17.9 Å². The fourth-order valence-electron chi connectivity index (χ4n) is 2.19. The molecule has 11 N–H and O–H groups in total. The number of aliphatic carboxylic acids is 3. The number of benzene rings is 1. The number of phenols is 2. The number of carbonyl (C=O) groups is 5. The van der Waals surface area contributed by atoms with Crippen LogP contribution < -0.4 is 22.1 Å². The number of hydrogen-bond donors (Lipinski definition) is 10. The maximum atomic E-state index is 11.5. The van der Waals surface area contributed by atoms with E-state index >= 15 is 0 Å². The Morgan fingerprint density at radius 1 is 0.941 bits per heavy atom. The average Bonchev–Trinajstić information content (AvgIpc) is 2.76. The minimum Gasteiger partial charge on any atom is -0.504 e. The lowest BCUT2D eigenvalue weighted by atomic mass is 10.1. The first-order chi connectivity index (χ1) is 15.8. The van der Waals surface area contributed by atoms with Gasteiger partial charge in [-0.2, -0.15) is 12.6 Å². The van der Waals surface area contributed by atoms with Gasteiger partial charge in [-0.05, 0) is 30.5 Å². The van der Waals surface area contributed by atoms with Crippen molar-refractivity contribution in [2.24, 2.45) is 11.5 Å². The third-order valence-corrected chi connectivity index (χ3v) is 4.43. The van der Waals surface area contributed by atoms with Gasteiger partial charge in [0.2, 0.25) is 11.8 Å². The molecule has 0 radical (unpaired) electrons. The van der Waals surface area contributed by atoms with Crippen LogP contribution in [0.4, 0.5) is 0 Å². The molecular formula is C19H28N4O10S. The van der Waals surface area contributed by atoms with Crippen molar-refractivity contribution in [2.75, 3.05) is 12.3 Å². The molecule has 0 unspecified atom stereocenters. The molecule has 0 bridgehead atoms. The third-order valence-electron chi connectivity index (χ3n) is 4.06. The highest BCUT2D eigenvalue weighted by Gasteiger charge is 2.21. The number of hydrogen-bond acceptors (Lipinski definition) is 10. The number of thiol groups is 1. The summed E-state index contributed by atoms with van der Waals surface area (Å²) in [5.74, 6) is -5.32. The van der Waals surface area contributed by atoms with Crippen LogP contribution in [0.2, 0.25) is 0 Å².